The highest BCUT2D eigenvalue weighted by atomic mass is 35.5. The molecule has 1 aromatic carbocycles. The minimum Gasteiger partial charge on any atom is -0.348 e. The molecule has 0 saturated heterocycles. The van der Waals surface area contributed by atoms with Crippen LogP contribution in [-0.4, -0.2) is 10.5 Å². The van der Waals surface area contributed by atoms with E-state index in [0.717, 1.165) is 15.1 Å². The molecule has 3 aromatic rings. The Hall–Kier alpha value is -2.11. The van der Waals surface area contributed by atoms with Crippen LogP contribution in [-0.2, 0) is 13.1 Å². The van der Waals surface area contributed by atoms with Crippen LogP contribution in [0.25, 0.3) is 10.1 Å². The lowest BCUT2D eigenvalue weighted by atomic mass is 10.1. The van der Waals surface area contributed by atoms with Crippen molar-refractivity contribution in [2.75, 3.05) is 0 Å². The van der Waals surface area contributed by atoms with Gasteiger partial charge in [-0.15, -0.1) is 11.3 Å². The maximum Gasteiger partial charge on any atom is 0.260 e. The second-order valence-electron chi connectivity index (χ2n) is 5.45. The molecule has 0 spiro atoms. The summed E-state index contributed by atoms with van der Waals surface area (Å²) in [5, 5.41) is 3.98. The van der Waals surface area contributed by atoms with Gasteiger partial charge in [-0.05, 0) is 31.5 Å². The number of hydrogen-bond acceptors (Lipinski definition) is 3. The van der Waals surface area contributed by atoms with Crippen molar-refractivity contribution in [1.29, 1.82) is 0 Å². The van der Waals surface area contributed by atoms with Crippen molar-refractivity contribution in [3.8, 4) is 0 Å². The number of nitrogens with one attached hydrogen (secondary N) is 1. The van der Waals surface area contributed by atoms with Gasteiger partial charge in [-0.2, -0.15) is 0 Å². The number of pyridine rings is 1. The Morgan fingerprint density at radius 3 is 2.75 bits per heavy atom. The molecule has 1 N–H and O–H groups in total. The highest BCUT2D eigenvalue weighted by Gasteiger charge is 2.19. The van der Waals surface area contributed by atoms with Crippen LogP contribution in [0.5, 0.6) is 0 Å². The number of aromatic nitrogens is 1. The average Bonchev–Trinajstić information content (AvgIpc) is 2.91. The van der Waals surface area contributed by atoms with Crippen molar-refractivity contribution in [3.63, 3.8) is 0 Å². The van der Waals surface area contributed by atoms with Crippen LogP contribution in [0.15, 0.2) is 41.3 Å². The van der Waals surface area contributed by atoms with Crippen LogP contribution in [0.3, 0.4) is 0 Å². The zero-order chi connectivity index (χ0) is 17.3. The normalized spacial score (nSPS) is 11.0. The first-order valence-electron chi connectivity index (χ1n) is 7.67. The van der Waals surface area contributed by atoms with E-state index < -0.39 is 0 Å². The van der Waals surface area contributed by atoms with Crippen LogP contribution in [0.1, 0.15) is 27.7 Å². The van der Waals surface area contributed by atoms with E-state index in [9.17, 15) is 9.59 Å². The molecule has 4 nitrogen and oxygen atoms in total. The third kappa shape index (κ3) is 2.97. The molecule has 1 amide bonds. The van der Waals surface area contributed by atoms with E-state index in [2.05, 4.69) is 5.32 Å². The SMILES string of the molecule is CCn1ccc2sc(C)c(C(=O)NCc3ccccc3Cl)c2c1=O. The van der Waals surface area contributed by atoms with Crippen molar-refractivity contribution >= 4 is 38.9 Å². The Bertz CT molecular complexity index is 975. The molecule has 124 valence electrons. The van der Waals surface area contributed by atoms with E-state index in [1.165, 1.54) is 11.3 Å². The second-order valence-corrected chi connectivity index (χ2v) is 7.12. The first-order chi connectivity index (χ1) is 11.5. The second kappa shape index (κ2) is 6.79. The van der Waals surface area contributed by atoms with Crippen LogP contribution in [0.2, 0.25) is 5.02 Å². The first kappa shape index (κ1) is 16.7. The lowest BCUT2D eigenvalue weighted by molar-refractivity contribution is 0.0952. The molecule has 0 radical (unpaired) electrons. The Morgan fingerprint density at radius 1 is 1.29 bits per heavy atom. The summed E-state index contributed by atoms with van der Waals surface area (Å²) in [6, 6.07) is 9.26. The number of hydrogen-bond donors (Lipinski definition) is 1. The number of halogens is 1. The lowest BCUT2D eigenvalue weighted by Crippen LogP contribution is -2.26. The Kier molecular flexibility index (Phi) is 4.73. The van der Waals surface area contributed by atoms with Crippen LogP contribution < -0.4 is 10.9 Å². The van der Waals surface area contributed by atoms with Gasteiger partial charge in [-0.3, -0.25) is 9.59 Å². The van der Waals surface area contributed by atoms with Gasteiger partial charge in [0.2, 0.25) is 0 Å². The molecule has 6 heteroatoms. The van der Waals surface area contributed by atoms with Gasteiger partial charge in [0.15, 0.2) is 0 Å². The lowest BCUT2D eigenvalue weighted by Gasteiger charge is -2.08. The van der Waals surface area contributed by atoms with Crippen molar-refractivity contribution in [2.24, 2.45) is 0 Å². The summed E-state index contributed by atoms with van der Waals surface area (Å²) in [4.78, 5) is 26.1. The van der Waals surface area contributed by atoms with Crippen LogP contribution in [0, 0.1) is 6.92 Å². The van der Waals surface area contributed by atoms with Gasteiger partial charge >= 0.3 is 0 Å². The summed E-state index contributed by atoms with van der Waals surface area (Å²) in [7, 11) is 0. The van der Waals surface area contributed by atoms with E-state index >= 15 is 0 Å². The fraction of sp³-hybridized carbons (Fsp3) is 0.222. The molecule has 2 heterocycles. The molecule has 0 unspecified atom stereocenters. The molecule has 0 bridgehead atoms. The predicted octanol–water partition coefficient (Wildman–Crippen LogP) is 3.97. The Balaban J connectivity index is 1.96. The van der Waals surface area contributed by atoms with Gasteiger partial charge in [0.05, 0.1) is 10.9 Å². The molecule has 0 saturated carbocycles. The standard InChI is InChI=1S/C18H17ClN2O2S/c1-3-21-9-8-14-16(18(21)23)15(11(2)24-14)17(22)20-10-12-6-4-5-7-13(12)19/h4-9H,3,10H2,1-2H3,(H,20,22). The topological polar surface area (TPSA) is 51.1 Å². The number of fused-ring (bicyclic) bond motifs is 1. The van der Waals surface area contributed by atoms with Gasteiger partial charge in [0, 0.05) is 33.9 Å². The molecule has 0 aliphatic rings. The van der Waals surface area contributed by atoms with Gasteiger partial charge in [-0.1, -0.05) is 29.8 Å². The summed E-state index contributed by atoms with van der Waals surface area (Å²) < 4.78 is 2.45. The summed E-state index contributed by atoms with van der Waals surface area (Å²) in [6.45, 7) is 4.67. The number of rotatable bonds is 4. The van der Waals surface area contributed by atoms with E-state index in [0.29, 0.717) is 29.1 Å². The largest absolute Gasteiger partial charge is 0.348 e. The third-order valence-electron chi connectivity index (χ3n) is 3.96. The molecule has 3 rings (SSSR count). The Morgan fingerprint density at radius 2 is 2.04 bits per heavy atom. The van der Waals surface area contributed by atoms with Crippen molar-refractivity contribution < 1.29 is 4.79 Å². The van der Waals surface area contributed by atoms with Crippen LogP contribution in [0.4, 0.5) is 0 Å². The van der Waals surface area contributed by atoms with Gasteiger partial charge in [-0.25, -0.2) is 0 Å². The number of carbonyl (C=O) groups excluding carboxylic acids is 1. The van der Waals surface area contributed by atoms with Gasteiger partial charge in [0.25, 0.3) is 11.5 Å². The summed E-state index contributed by atoms with van der Waals surface area (Å²) in [6.07, 6.45) is 1.77. The zero-order valence-corrected chi connectivity index (χ0v) is 15.0. The minimum atomic E-state index is -0.246. The van der Waals surface area contributed by atoms with Crippen molar-refractivity contribution in [1.82, 2.24) is 9.88 Å². The number of thiophene rings is 1. The number of carbonyl (C=O) groups is 1. The van der Waals surface area contributed by atoms with Crippen molar-refractivity contribution in [3.05, 3.63) is 67.9 Å². The fourth-order valence-electron chi connectivity index (χ4n) is 2.69. The first-order valence-corrected chi connectivity index (χ1v) is 8.86. The summed E-state index contributed by atoms with van der Waals surface area (Å²) in [5.74, 6) is -0.246. The number of nitrogens with zero attached hydrogens (tertiary/aromatic N) is 1. The summed E-state index contributed by atoms with van der Waals surface area (Å²) in [5.41, 5.74) is 1.19. The maximum atomic E-state index is 12.7. The predicted molar refractivity (Wildman–Crippen MR) is 99.1 cm³/mol. The highest BCUT2D eigenvalue weighted by Crippen LogP contribution is 2.28. The van der Waals surface area contributed by atoms with Crippen molar-refractivity contribution in [2.45, 2.75) is 26.9 Å². The number of benzene rings is 1. The average molecular weight is 361 g/mol. The van der Waals surface area contributed by atoms with Gasteiger partial charge in [0.1, 0.15) is 0 Å². The summed E-state index contributed by atoms with van der Waals surface area (Å²) >= 11 is 7.59. The molecule has 0 atom stereocenters. The Labute approximate surface area is 148 Å². The number of amides is 1. The maximum absolute atomic E-state index is 12.7. The minimum absolute atomic E-state index is 0.123. The number of aryl methyl sites for hydroxylation is 2. The molecular weight excluding hydrogens is 344 g/mol. The molecule has 0 aliphatic heterocycles. The quantitative estimate of drug-likeness (QED) is 0.765. The molecule has 24 heavy (non-hydrogen) atoms. The zero-order valence-electron chi connectivity index (χ0n) is 13.4. The molecule has 0 aliphatic carbocycles. The van der Waals surface area contributed by atoms with E-state index in [-0.39, 0.29) is 11.5 Å². The van der Waals surface area contributed by atoms with Crippen LogP contribution >= 0.6 is 22.9 Å². The molecule has 0 fully saturated rings. The molecular formula is C18H17ClN2O2S. The van der Waals surface area contributed by atoms with E-state index in [4.69, 9.17) is 11.6 Å². The highest BCUT2D eigenvalue weighted by molar-refractivity contribution is 7.19. The fourth-order valence-corrected chi connectivity index (χ4v) is 3.94. The smallest absolute Gasteiger partial charge is 0.260 e. The van der Waals surface area contributed by atoms with Gasteiger partial charge < -0.3 is 9.88 Å². The molecule has 2 aromatic heterocycles. The monoisotopic (exact) mass is 360 g/mol. The van der Waals surface area contributed by atoms with E-state index in [1.807, 2.05) is 38.1 Å². The van der Waals surface area contributed by atoms with E-state index in [1.54, 1.807) is 16.8 Å². The third-order valence-corrected chi connectivity index (χ3v) is 5.40.